The number of carbonyl (C=O) groups is 2. The third-order valence-electron chi connectivity index (χ3n) is 3.67. The van der Waals surface area contributed by atoms with Gasteiger partial charge in [0, 0.05) is 18.5 Å². The van der Waals surface area contributed by atoms with Gasteiger partial charge < -0.3 is 15.4 Å². The van der Waals surface area contributed by atoms with Gasteiger partial charge in [-0.15, -0.1) is 0 Å². The van der Waals surface area contributed by atoms with Gasteiger partial charge in [0.2, 0.25) is 5.91 Å². The third-order valence-corrected chi connectivity index (χ3v) is 3.67. The predicted molar refractivity (Wildman–Crippen MR) is 78.1 cm³/mol. The maximum absolute atomic E-state index is 12.4. The summed E-state index contributed by atoms with van der Waals surface area (Å²) in [7, 11) is 0. The molecule has 1 rings (SSSR count). The van der Waals surface area contributed by atoms with E-state index in [1.54, 1.807) is 11.8 Å². The molecule has 0 aromatic heterocycles. The van der Waals surface area contributed by atoms with E-state index in [2.05, 4.69) is 0 Å². The van der Waals surface area contributed by atoms with Crippen LogP contribution in [0.5, 0.6) is 0 Å². The van der Waals surface area contributed by atoms with E-state index in [0.29, 0.717) is 25.5 Å². The minimum atomic E-state index is -0.374. The summed E-state index contributed by atoms with van der Waals surface area (Å²) in [5.74, 6) is -0.0687. The molecule has 0 aromatic carbocycles. The van der Waals surface area contributed by atoms with Gasteiger partial charge in [-0.1, -0.05) is 26.7 Å². The van der Waals surface area contributed by atoms with Gasteiger partial charge in [0.25, 0.3) is 0 Å². The Bertz CT molecular complexity index is 336. The number of hydrogen-bond acceptors (Lipinski definition) is 4. The first kappa shape index (κ1) is 17.0. The highest BCUT2D eigenvalue weighted by molar-refractivity contribution is 5.82. The van der Waals surface area contributed by atoms with Crippen molar-refractivity contribution in [2.24, 2.45) is 11.7 Å². The highest BCUT2D eigenvalue weighted by atomic mass is 16.5. The largest absolute Gasteiger partial charge is 0.465 e. The molecule has 0 aliphatic heterocycles. The lowest BCUT2D eigenvalue weighted by molar-refractivity contribution is -0.149. The first-order chi connectivity index (χ1) is 9.36. The summed E-state index contributed by atoms with van der Waals surface area (Å²) in [6.07, 6.45) is 4.30. The molecule has 0 spiro atoms. The van der Waals surface area contributed by atoms with E-state index in [1.807, 2.05) is 13.8 Å². The number of ether oxygens (including phenoxy) is 1. The van der Waals surface area contributed by atoms with Crippen molar-refractivity contribution in [3.63, 3.8) is 0 Å². The number of nitrogens with two attached hydrogens (primary N) is 1. The maximum atomic E-state index is 12.4. The first-order valence-corrected chi connectivity index (χ1v) is 7.58. The summed E-state index contributed by atoms with van der Waals surface area (Å²) in [6.45, 7) is 6.75. The normalized spacial score (nSPS) is 17.2. The van der Waals surface area contributed by atoms with Gasteiger partial charge in [0.15, 0.2) is 0 Å². The summed E-state index contributed by atoms with van der Waals surface area (Å²) in [6, 6.07) is 0. The van der Waals surface area contributed by atoms with Crippen LogP contribution in [0.3, 0.4) is 0 Å². The van der Waals surface area contributed by atoms with Crippen molar-refractivity contribution in [2.75, 3.05) is 19.7 Å². The first-order valence-electron chi connectivity index (χ1n) is 7.58. The van der Waals surface area contributed by atoms with Crippen molar-refractivity contribution in [1.82, 2.24) is 4.90 Å². The van der Waals surface area contributed by atoms with Crippen LogP contribution < -0.4 is 5.73 Å². The van der Waals surface area contributed by atoms with E-state index in [-0.39, 0.29) is 24.0 Å². The summed E-state index contributed by atoms with van der Waals surface area (Å²) < 4.78 is 4.94. The highest BCUT2D eigenvalue weighted by Crippen LogP contribution is 2.30. The zero-order valence-electron chi connectivity index (χ0n) is 13.0. The van der Waals surface area contributed by atoms with E-state index in [0.717, 1.165) is 25.7 Å². The standard InChI is InChI=1S/C15H28N2O3/c1-4-20-14(19)11-17(10-12(2)3)13(18)9-15(16)7-5-6-8-15/h12H,4-11,16H2,1-3H3. The van der Waals surface area contributed by atoms with Crippen LogP contribution in [0.15, 0.2) is 0 Å². The molecule has 5 heteroatoms. The van der Waals surface area contributed by atoms with Crippen LogP contribution in [-0.4, -0.2) is 42.0 Å². The second kappa shape index (κ2) is 7.62. The molecule has 0 heterocycles. The lowest BCUT2D eigenvalue weighted by Gasteiger charge is -2.29. The quantitative estimate of drug-likeness (QED) is 0.722. The SMILES string of the molecule is CCOC(=O)CN(CC(C)C)C(=O)CC1(N)CCCC1. The summed E-state index contributed by atoms with van der Waals surface area (Å²) in [5.41, 5.74) is 5.88. The molecule has 20 heavy (non-hydrogen) atoms. The van der Waals surface area contributed by atoms with Gasteiger partial charge in [-0.2, -0.15) is 0 Å². The van der Waals surface area contributed by atoms with Crippen molar-refractivity contribution in [3.8, 4) is 0 Å². The summed E-state index contributed by atoms with van der Waals surface area (Å²) in [5, 5.41) is 0. The molecule has 0 radical (unpaired) electrons. The van der Waals surface area contributed by atoms with Crippen LogP contribution in [0.4, 0.5) is 0 Å². The number of carbonyl (C=O) groups excluding carboxylic acids is 2. The predicted octanol–water partition coefficient (Wildman–Crippen LogP) is 1.70. The van der Waals surface area contributed by atoms with Crippen LogP contribution in [0.1, 0.15) is 52.9 Å². The van der Waals surface area contributed by atoms with Crippen LogP contribution in [0.2, 0.25) is 0 Å². The maximum Gasteiger partial charge on any atom is 0.325 e. The number of esters is 1. The molecule has 1 saturated carbocycles. The van der Waals surface area contributed by atoms with E-state index < -0.39 is 0 Å². The van der Waals surface area contributed by atoms with Crippen molar-refractivity contribution in [1.29, 1.82) is 0 Å². The van der Waals surface area contributed by atoms with Crippen molar-refractivity contribution >= 4 is 11.9 Å². The second-order valence-corrected chi connectivity index (χ2v) is 6.22. The van der Waals surface area contributed by atoms with Crippen LogP contribution >= 0.6 is 0 Å². The molecular weight excluding hydrogens is 256 g/mol. The molecule has 116 valence electrons. The van der Waals surface area contributed by atoms with Crippen molar-refractivity contribution in [3.05, 3.63) is 0 Å². The smallest absolute Gasteiger partial charge is 0.325 e. The summed E-state index contributed by atoms with van der Waals surface area (Å²) in [4.78, 5) is 25.6. The Balaban J connectivity index is 2.61. The lowest BCUT2D eigenvalue weighted by Crippen LogP contribution is -2.46. The zero-order valence-corrected chi connectivity index (χ0v) is 13.0. The number of nitrogens with zero attached hydrogens (tertiary/aromatic N) is 1. The number of hydrogen-bond donors (Lipinski definition) is 1. The fraction of sp³-hybridized carbons (Fsp3) is 0.867. The molecule has 1 aliphatic rings. The minimum absolute atomic E-state index is 0.0287. The highest BCUT2D eigenvalue weighted by Gasteiger charge is 2.33. The second-order valence-electron chi connectivity index (χ2n) is 6.22. The molecule has 5 nitrogen and oxygen atoms in total. The molecular formula is C15H28N2O3. The third kappa shape index (κ3) is 5.49. The fourth-order valence-corrected chi connectivity index (χ4v) is 2.73. The van der Waals surface area contributed by atoms with E-state index in [9.17, 15) is 9.59 Å². The van der Waals surface area contributed by atoms with Crippen LogP contribution in [-0.2, 0) is 14.3 Å². The molecule has 2 N–H and O–H groups in total. The topological polar surface area (TPSA) is 72.6 Å². The Morgan fingerprint density at radius 2 is 1.90 bits per heavy atom. The van der Waals surface area contributed by atoms with Crippen molar-refractivity contribution < 1.29 is 14.3 Å². The number of amides is 1. The molecule has 0 saturated heterocycles. The van der Waals surface area contributed by atoms with E-state index in [4.69, 9.17) is 10.5 Å². The van der Waals surface area contributed by atoms with Gasteiger partial charge in [-0.3, -0.25) is 9.59 Å². The molecule has 1 amide bonds. The van der Waals surface area contributed by atoms with Crippen molar-refractivity contribution in [2.45, 2.75) is 58.4 Å². The Hall–Kier alpha value is -1.10. The van der Waals surface area contributed by atoms with Gasteiger partial charge in [0.05, 0.1) is 6.61 Å². The Morgan fingerprint density at radius 1 is 1.30 bits per heavy atom. The van der Waals surface area contributed by atoms with Gasteiger partial charge in [-0.25, -0.2) is 0 Å². The molecule has 1 aliphatic carbocycles. The van der Waals surface area contributed by atoms with Gasteiger partial charge in [-0.05, 0) is 25.7 Å². The average molecular weight is 284 g/mol. The van der Waals surface area contributed by atoms with E-state index >= 15 is 0 Å². The Kier molecular flexibility index (Phi) is 6.46. The van der Waals surface area contributed by atoms with Gasteiger partial charge >= 0.3 is 5.97 Å². The van der Waals surface area contributed by atoms with E-state index in [1.165, 1.54) is 0 Å². The minimum Gasteiger partial charge on any atom is -0.465 e. The van der Waals surface area contributed by atoms with Crippen LogP contribution in [0.25, 0.3) is 0 Å². The molecule has 0 bridgehead atoms. The number of rotatable bonds is 7. The molecule has 0 unspecified atom stereocenters. The molecule has 1 fully saturated rings. The fourth-order valence-electron chi connectivity index (χ4n) is 2.73. The average Bonchev–Trinajstić information content (AvgIpc) is 2.74. The summed E-state index contributed by atoms with van der Waals surface area (Å²) >= 11 is 0. The Labute approximate surface area is 121 Å². The molecule has 0 atom stereocenters. The lowest BCUT2D eigenvalue weighted by atomic mass is 9.94. The van der Waals surface area contributed by atoms with Gasteiger partial charge in [0.1, 0.15) is 6.54 Å². The zero-order chi connectivity index (χ0) is 15.2. The monoisotopic (exact) mass is 284 g/mol. The Morgan fingerprint density at radius 3 is 2.40 bits per heavy atom. The van der Waals surface area contributed by atoms with Crippen LogP contribution in [0, 0.1) is 5.92 Å². The molecule has 0 aromatic rings.